The van der Waals surface area contributed by atoms with Gasteiger partial charge in [0.25, 0.3) is 0 Å². The smallest absolute Gasteiger partial charge is 0.325 e. The summed E-state index contributed by atoms with van der Waals surface area (Å²) >= 11 is 0.943. The molecule has 0 aliphatic carbocycles. The molecule has 23 heavy (non-hydrogen) atoms. The van der Waals surface area contributed by atoms with Gasteiger partial charge in [-0.3, -0.25) is 4.79 Å². The fraction of sp³-hybridized carbons (Fsp3) is 0.188. The summed E-state index contributed by atoms with van der Waals surface area (Å²) in [5, 5.41) is 1.50. The molecule has 2 aromatic rings. The molecule has 1 amide bonds. The van der Waals surface area contributed by atoms with Crippen molar-refractivity contribution >= 4 is 23.4 Å². The molecule has 7 heteroatoms. The molecule has 0 aliphatic rings. The molecule has 0 fully saturated rings. The van der Waals surface area contributed by atoms with Crippen molar-refractivity contribution in [3.05, 3.63) is 59.9 Å². The Morgan fingerprint density at radius 2 is 1.70 bits per heavy atom. The maximum atomic E-state index is 13.6. The molecule has 0 spiro atoms. The molecule has 0 saturated carbocycles. The van der Waals surface area contributed by atoms with Crippen LogP contribution in [0.5, 0.6) is 0 Å². The molecule has 122 valence electrons. The molecule has 0 saturated heterocycles. The van der Waals surface area contributed by atoms with Crippen LogP contribution in [-0.2, 0) is 11.0 Å². The first-order valence-electron chi connectivity index (χ1n) is 6.67. The quantitative estimate of drug-likeness (QED) is 0.628. The monoisotopic (exact) mass is 343 g/mol. The van der Waals surface area contributed by atoms with E-state index in [2.05, 4.69) is 5.32 Å². The molecule has 1 atom stereocenters. The van der Waals surface area contributed by atoms with E-state index in [-0.39, 0.29) is 10.6 Å². The predicted octanol–water partition coefficient (Wildman–Crippen LogP) is 4.96. The third-order valence-corrected chi connectivity index (χ3v) is 4.15. The van der Waals surface area contributed by atoms with Gasteiger partial charge in [0.1, 0.15) is 5.82 Å². The first kappa shape index (κ1) is 17.3. The van der Waals surface area contributed by atoms with Crippen LogP contribution >= 0.6 is 11.8 Å². The highest BCUT2D eigenvalue weighted by Gasteiger charge is 2.33. The van der Waals surface area contributed by atoms with Crippen LogP contribution in [0.4, 0.5) is 23.2 Å². The minimum absolute atomic E-state index is 0.263. The SMILES string of the molecule is CC(Sc1ccccc1F)C(=O)Nc1ccccc1C(F)(F)F. The van der Waals surface area contributed by atoms with Gasteiger partial charge in [-0.15, -0.1) is 11.8 Å². The molecule has 1 unspecified atom stereocenters. The lowest BCUT2D eigenvalue weighted by Gasteiger charge is -2.16. The van der Waals surface area contributed by atoms with E-state index >= 15 is 0 Å². The van der Waals surface area contributed by atoms with E-state index in [0.717, 1.165) is 17.8 Å². The Kier molecular flexibility index (Phi) is 5.30. The number of carbonyl (C=O) groups is 1. The van der Waals surface area contributed by atoms with Crippen molar-refractivity contribution in [1.82, 2.24) is 0 Å². The number of nitrogens with one attached hydrogen (secondary N) is 1. The zero-order valence-electron chi connectivity index (χ0n) is 12.0. The Labute approximate surface area is 134 Å². The minimum Gasteiger partial charge on any atom is -0.325 e. The first-order chi connectivity index (χ1) is 10.8. The van der Waals surface area contributed by atoms with Gasteiger partial charge in [-0.1, -0.05) is 24.3 Å². The van der Waals surface area contributed by atoms with Crippen LogP contribution < -0.4 is 5.32 Å². The second-order valence-corrected chi connectivity index (χ2v) is 6.11. The van der Waals surface area contributed by atoms with Crippen LogP contribution in [0.25, 0.3) is 0 Å². The van der Waals surface area contributed by atoms with Crippen molar-refractivity contribution in [2.45, 2.75) is 23.2 Å². The number of alkyl halides is 3. The lowest BCUT2D eigenvalue weighted by Crippen LogP contribution is -2.24. The van der Waals surface area contributed by atoms with E-state index < -0.39 is 28.7 Å². The van der Waals surface area contributed by atoms with Crippen molar-refractivity contribution in [1.29, 1.82) is 0 Å². The fourth-order valence-corrected chi connectivity index (χ4v) is 2.74. The first-order valence-corrected chi connectivity index (χ1v) is 7.55. The molecule has 0 aromatic heterocycles. The van der Waals surface area contributed by atoms with Crippen molar-refractivity contribution in [2.24, 2.45) is 0 Å². The van der Waals surface area contributed by atoms with Crippen LogP contribution in [0.1, 0.15) is 12.5 Å². The number of benzene rings is 2. The number of carbonyl (C=O) groups excluding carboxylic acids is 1. The molecule has 2 nitrogen and oxygen atoms in total. The van der Waals surface area contributed by atoms with Gasteiger partial charge < -0.3 is 5.32 Å². The summed E-state index contributed by atoms with van der Waals surface area (Å²) in [6.07, 6.45) is -4.56. The van der Waals surface area contributed by atoms with Crippen molar-refractivity contribution < 1.29 is 22.4 Å². The van der Waals surface area contributed by atoms with E-state index in [0.29, 0.717) is 0 Å². The Morgan fingerprint density at radius 1 is 1.09 bits per heavy atom. The maximum absolute atomic E-state index is 13.6. The van der Waals surface area contributed by atoms with Gasteiger partial charge in [-0.2, -0.15) is 13.2 Å². The molecule has 0 heterocycles. The fourth-order valence-electron chi connectivity index (χ4n) is 1.86. The molecule has 1 N–H and O–H groups in total. The number of thioether (sulfide) groups is 1. The molecule has 2 aromatic carbocycles. The molecule has 2 rings (SSSR count). The number of amides is 1. The Hall–Kier alpha value is -2.02. The average molecular weight is 343 g/mol. The zero-order valence-corrected chi connectivity index (χ0v) is 12.8. The number of hydrogen-bond donors (Lipinski definition) is 1. The number of rotatable bonds is 4. The topological polar surface area (TPSA) is 29.1 Å². The molecular weight excluding hydrogens is 330 g/mol. The van der Waals surface area contributed by atoms with E-state index in [4.69, 9.17) is 0 Å². The summed E-state index contributed by atoms with van der Waals surface area (Å²) in [5.74, 6) is -1.11. The van der Waals surface area contributed by atoms with Gasteiger partial charge in [-0.05, 0) is 31.2 Å². The van der Waals surface area contributed by atoms with Crippen LogP contribution in [0.3, 0.4) is 0 Å². The third kappa shape index (κ3) is 4.48. The maximum Gasteiger partial charge on any atom is 0.418 e. The number of anilines is 1. The zero-order chi connectivity index (χ0) is 17.0. The summed E-state index contributed by atoms with van der Waals surface area (Å²) in [4.78, 5) is 12.3. The molecular formula is C16H13F4NOS. The van der Waals surface area contributed by atoms with Gasteiger partial charge in [0.15, 0.2) is 0 Å². The van der Waals surface area contributed by atoms with Crippen LogP contribution in [-0.4, -0.2) is 11.2 Å². The van der Waals surface area contributed by atoms with Crippen LogP contribution in [0, 0.1) is 5.82 Å². The molecule has 0 bridgehead atoms. The lowest BCUT2D eigenvalue weighted by atomic mass is 10.1. The summed E-state index contributed by atoms with van der Waals surface area (Å²) in [6, 6.07) is 10.6. The second kappa shape index (κ2) is 7.04. The number of hydrogen-bond acceptors (Lipinski definition) is 2. The van der Waals surface area contributed by atoms with E-state index in [1.54, 1.807) is 6.07 Å². The van der Waals surface area contributed by atoms with E-state index in [1.807, 2.05) is 0 Å². The Morgan fingerprint density at radius 3 is 2.35 bits per heavy atom. The van der Waals surface area contributed by atoms with Crippen molar-refractivity contribution in [3.8, 4) is 0 Å². The largest absolute Gasteiger partial charge is 0.418 e. The summed E-state index contributed by atoms with van der Waals surface area (Å²) in [6.45, 7) is 1.50. The third-order valence-electron chi connectivity index (χ3n) is 3.00. The Bertz CT molecular complexity index is 702. The van der Waals surface area contributed by atoms with Gasteiger partial charge >= 0.3 is 6.18 Å². The summed E-state index contributed by atoms with van der Waals surface area (Å²) in [5.41, 5.74) is -1.23. The van der Waals surface area contributed by atoms with E-state index in [9.17, 15) is 22.4 Å². The second-order valence-electron chi connectivity index (χ2n) is 4.72. The standard InChI is InChI=1S/C16H13F4NOS/c1-10(23-14-9-5-3-7-12(14)17)15(22)21-13-8-4-2-6-11(13)16(18,19)20/h2-10H,1H3,(H,21,22). The highest BCUT2D eigenvalue weighted by atomic mass is 32.2. The summed E-state index contributed by atoms with van der Waals surface area (Å²) < 4.78 is 52.2. The highest BCUT2D eigenvalue weighted by molar-refractivity contribution is 8.00. The Balaban J connectivity index is 2.12. The molecule has 0 radical (unpaired) electrons. The van der Waals surface area contributed by atoms with Gasteiger partial charge in [-0.25, -0.2) is 4.39 Å². The number of halogens is 4. The van der Waals surface area contributed by atoms with Crippen molar-refractivity contribution in [2.75, 3.05) is 5.32 Å². The van der Waals surface area contributed by atoms with Crippen LogP contribution in [0.2, 0.25) is 0 Å². The van der Waals surface area contributed by atoms with Gasteiger partial charge in [0, 0.05) is 4.90 Å². The van der Waals surface area contributed by atoms with E-state index in [1.165, 1.54) is 43.3 Å². The van der Waals surface area contributed by atoms with Gasteiger partial charge in [0.05, 0.1) is 16.5 Å². The van der Waals surface area contributed by atoms with Gasteiger partial charge in [0.2, 0.25) is 5.91 Å². The lowest BCUT2D eigenvalue weighted by molar-refractivity contribution is -0.137. The minimum atomic E-state index is -4.56. The average Bonchev–Trinajstić information content (AvgIpc) is 2.49. The molecule has 0 aliphatic heterocycles. The normalized spacial score (nSPS) is 12.7. The number of para-hydroxylation sites is 1. The predicted molar refractivity (Wildman–Crippen MR) is 81.8 cm³/mol. The van der Waals surface area contributed by atoms with Crippen LogP contribution in [0.15, 0.2) is 53.4 Å². The summed E-state index contributed by atoms with van der Waals surface area (Å²) in [7, 11) is 0. The van der Waals surface area contributed by atoms with Crippen molar-refractivity contribution in [3.63, 3.8) is 0 Å². The highest BCUT2D eigenvalue weighted by Crippen LogP contribution is 2.35.